The Morgan fingerprint density at radius 2 is 1.87 bits per heavy atom. The van der Waals surface area contributed by atoms with Gasteiger partial charge in [0.15, 0.2) is 11.5 Å². The molecule has 0 aromatic heterocycles. The molecule has 0 spiro atoms. The lowest BCUT2D eigenvalue weighted by atomic mass is 9.96. The minimum atomic E-state index is -0.864. The first-order valence-electron chi connectivity index (χ1n) is 9.25. The van der Waals surface area contributed by atoms with Crippen molar-refractivity contribution in [1.82, 2.24) is 4.90 Å². The Morgan fingerprint density at radius 3 is 2.53 bits per heavy atom. The standard InChI is InChI=1S/C21H19N3O6/c1-27-15-5-3-4-14(19(23-22)21(26)28-2)18(15)20(25)24-7-6-12-8-16-17(30-11-29-16)9-13(12)10-24/h3-5,8-9H,6-7,10-11H2,1-2H3. The maximum atomic E-state index is 13.5. The number of nitrogens with zero attached hydrogens (tertiary/aromatic N) is 3. The highest BCUT2D eigenvalue weighted by molar-refractivity contribution is 6.42. The van der Waals surface area contributed by atoms with Crippen LogP contribution in [0.25, 0.3) is 5.53 Å². The van der Waals surface area contributed by atoms with Gasteiger partial charge in [-0.05, 0) is 41.8 Å². The lowest BCUT2D eigenvalue weighted by Gasteiger charge is -2.30. The molecule has 0 unspecified atom stereocenters. The molecule has 0 bridgehead atoms. The van der Waals surface area contributed by atoms with Crippen molar-refractivity contribution in [2.75, 3.05) is 27.6 Å². The van der Waals surface area contributed by atoms with E-state index in [0.29, 0.717) is 31.0 Å². The Balaban J connectivity index is 1.72. The molecule has 0 atom stereocenters. The molecule has 9 heteroatoms. The largest absolute Gasteiger partial charge is 0.496 e. The molecule has 2 aromatic rings. The zero-order valence-corrected chi connectivity index (χ0v) is 16.5. The normalized spacial score (nSPS) is 13.9. The van der Waals surface area contributed by atoms with Crippen LogP contribution in [0.2, 0.25) is 0 Å². The van der Waals surface area contributed by atoms with Gasteiger partial charge in [-0.2, -0.15) is 4.79 Å². The molecule has 154 valence electrons. The zero-order valence-electron chi connectivity index (χ0n) is 16.5. The van der Waals surface area contributed by atoms with Crippen LogP contribution in [-0.4, -0.2) is 54.8 Å². The highest BCUT2D eigenvalue weighted by Crippen LogP contribution is 2.37. The summed E-state index contributed by atoms with van der Waals surface area (Å²) in [6, 6.07) is 8.55. The van der Waals surface area contributed by atoms with Crippen molar-refractivity contribution in [2.24, 2.45) is 0 Å². The third kappa shape index (κ3) is 3.25. The number of hydrogen-bond acceptors (Lipinski definition) is 6. The highest BCUT2D eigenvalue weighted by atomic mass is 16.7. The van der Waals surface area contributed by atoms with Crippen LogP contribution in [0.1, 0.15) is 27.0 Å². The first kappa shape index (κ1) is 19.5. The van der Waals surface area contributed by atoms with Gasteiger partial charge in [0.25, 0.3) is 5.91 Å². The molecule has 0 radical (unpaired) electrons. The third-order valence-electron chi connectivity index (χ3n) is 5.19. The molecular formula is C21H19N3O6. The second-order valence-electron chi connectivity index (χ2n) is 6.77. The summed E-state index contributed by atoms with van der Waals surface area (Å²) in [7, 11) is 2.59. The molecule has 2 aliphatic heterocycles. The summed E-state index contributed by atoms with van der Waals surface area (Å²) in [5.41, 5.74) is 11.3. The molecule has 2 aliphatic rings. The van der Waals surface area contributed by atoms with Crippen LogP contribution in [-0.2, 0) is 22.5 Å². The molecule has 1 amide bonds. The van der Waals surface area contributed by atoms with Crippen LogP contribution < -0.4 is 14.2 Å². The zero-order chi connectivity index (χ0) is 21.3. The summed E-state index contributed by atoms with van der Waals surface area (Å²) < 4.78 is 20.9. The quantitative estimate of drug-likeness (QED) is 0.330. The first-order valence-corrected chi connectivity index (χ1v) is 9.25. The smallest absolute Gasteiger partial charge is 0.422 e. The predicted octanol–water partition coefficient (Wildman–Crippen LogP) is 1.81. The fourth-order valence-electron chi connectivity index (χ4n) is 3.70. The monoisotopic (exact) mass is 409 g/mol. The number of carbonyl (C=O) groups excluding carboxylic acids is 2. The van der Waals surface area contributed by atoms with Crippen LogP contribution >= 0.6 is 0 Å². The average Bonchev–Trinajstić information content (AvgIpc) is 3.24. The number of ether oxygens (including phenoxy) is 4. The topological polar surface area (TPSA) is 111 Å². The van der Waals surface area contributed by atoms with Gasteiger partial charge in [0.1, 0.15) is 5.75 Å². The lowest BCUT2D eigenvalue weighted by molar-refractivity contribution is -0.137. The molecule has 2 aromatic carbocycles. The predicted molar refractivity (Wildman–Crippen MR) is 104 cm³/mol. The maximum Gasteiger partial charge on any atom is 0.422 e. The minimum absolute atomic E-state index is 0.127. The number of carbonyl (C=O) groups is 2. The van der Waals surface area contributed by atoms with E-state index >= 15 is 0 Å². The van der Waals surface area contributed by atoms with Crippen molar-refractivity contribution >= 4 is 17.6 Å². The van der Waals surface area contributed by atoms with Crippen molar-refractivity contribution in [3.05, 3.63) is 58.1 Å². The third-order valence-corrected chi connectivity index (χ3v) is 5.19. The second-order valence-corrected chi connectivity index (χ2v) is 6.77. The molecule has 30 heavy (non-hydrogen) atoms. The second kappa shape index (κ2) is 7.88. The molecule has 0 aliphatic carbocycles. The van der Waals surface area contributed by atoms with Gasteiger partial charge in [0, 0.05) is 13.1 Å². The van der Waals surface area contributed by atoms with Crippen LogP contribution in [0.5, 0.6) is 17.2 Å². The van der Waals surface area contributed by atoms with E-state index in [1.807, 2.05) is 12.1 Å². The Morgan fingerprint density at radius 1 is 1.13 bits per heavy atom. The van der Waals surface area contributed by atoms with Gasteiger partial charge in [-0.15, -0.1) is 0 Å². The van der Waals surface area contributed by atoms with Crippen molar-refractivity contribution < 1.29 is 33.3 Å². The Labute approximate surface area is 172 Å². The number of esters is 1. The number of methoxy groups -OCH3 is 2. The van der Waals surface area contributed by atoms with E-state index in [1.165, 1.54) is 20.3 Å². The van der Waals surface area contributed by atoms with Crippen molar-refractivity contribution in [3.8, 4) is 17.2 Å². The summed E-state index contributed by atoms with van der Waals surface area (Å²) in [6.07, 6.45) is 0.639. The van der Waals surface area contributed by atoms with Gasteiger partial charge >= 0.3 is 11.7 Å². The Kier molecular flexibility index (Phi) is 5.12. The van der Waals surface area contributed by atoms with Crippen LogP contribution in [0.3, 0.4) is 0 Å². The summed E-state index contributed by atoms with van der Waals surface area (Å²) in [4.78, 5) is 30.2. The molecule has 0 saturated carbocycles. The van der Waals surface area contributed by atoms with E-state index in [2.05, 4.69) is 9.53 Å². The van der Waals surface area contributed by atoms with Gasteiger partial charge in [-0.25, -0.2) is 4.79 Å². The summed E-state index contributed by atoms with van der Waals surface area (Å²) in [6.45, 7) is 1.00. The number of fused-ring (bicyclic) bond motifs is 2. The number of hydrogen-bond donors (Lipinski definition) is 0. The SMILES string of the molecule is COC(=O)C(=[N+]=[N-])c1cccc(OC)c1C(=O)N1CCc2cc3c(cc2C1)OCO3. The number of rotatable bonds is 4. The van der Waals surface area contributed by atoms with Crippen LogP contribution in [0.15, 0.2) is 30.3 Å². The fourth-order valence-corrected chi connectivity index (χ4v) is 3.70. The summed E-state index contributed by atoms with van der Waals surface area (Å²) >= 11 is 0. The molecule has 0 N–H and O–H groups in total. The Bertz CT molecular complexity index is 1090. The van der Waals surface area contributed by atoms with Gasteiger partial charge in [0.05, 0.1) is 25.3 Å². The number of benzene rings is 2. The van der Waals surface area contributed by atoms with E-state index in [-0.39, 0.29) is 35.3 Å². The molecule has 2 heterocycles. The van der Waals surface area contributed by atoms with Crippen LogP contribution in [0.4, 0.5) is 0 Å². The first-order chi connectivity index (χ1) is 14.6. The van der Waals surface area contributed by atoms with Crippen molar-refractivity contribution in [3.63, 3.8) is 0 Å². The van der Waals surface area contributed by atoms with Gasteiger partial charge in [-0.1, -0.05) is 6.07 Å². The van der Waals surface area contributed by atoms with Gasteiger partial charge < -0.3 is 29.4 Å². The van der Waals surface area contributed by atoms with E-state index in [4.69, 9.17) is 14.2 Å². The number of amides is 1. The minimum Gasteiger partial charge on any atom is -0.496 e. The van der Waals surface area contributed by atoms with Crippen molar-refractivity contribution in [1.29, 1.82) is 0 Å². The Hall–Kier alpha value is -3.84. The molecule has 4 rings (SSSR count). The lowest BCUT2D eigenvalue weighted by Crippen LogP contribution is -2.37. The van der Waals surface area contributed by atoms with Crippen molar-refractivity contribution in [2.45, 2.75) is 13.0 Å². The van der Waals surface area contributed by atoms with Gasteiger partial charge in [-0.3, -0.25) is 4.79 Å². The highest BCUT2D eigenvalue weighted by Gasteiger charge is 2.34. The van der Waals surface area contributed by atoms with E-state index in [1.54, 1.807) is 17.0 Å². The summed E-state index contributed by atoms with van der Waals surface area (Å²) in [5, 5.41) is 0. The molecule has 9 nitrogen and oxygen atoms in total. The molecular weight excluding hydrogens is 390 g/mol. The fraction of sp³-hybridized carbons (Fsp3) is 0.286. The average molecular weight is 409 g/mol. The van der Waals surface area contributed by atoms with E-state index < -0.39 is 5.97 Å². The van der Waals surface area contributed by atoms with Gasteiger partial charge in [0.2, 0.25) is 6.79 Å². The van der Waals surface area contributed by atoms with E-state index in [9.17, 15) is 15.1 Å². The molecule has 0 saturated heterocycles. The maximum absolute atomic E-state index is 13.5. The molecule has 0 fully saturated rings. The van der Waals surface area contributed by atoms with E-state index in [0.717, 1.165) is 11.1 Å². The van der Waals surface area contributed by atoms with Crippen LogP contribution in [0, 0.1) is 0 Å². The summed E-state index contributed by atoms with van der Waals surface area (Å²) in [5.74, 6) is 0.412.